The molecule has 0 radical (unpaired) electrons. The van der Waals surface area contributed by atoms with E-state index in [-0.39, 0.29) is 0 Å². The van der Waals surface area contributed by atoms with Crippen LogP contribution in [-0.2, 0) is 6.42 Å². The fourth-order valence-corrected chi connectivity index (χ4v) is 2.87. The van der Waals surface area contributed by atoms with E-state index in [1.807, 2.05) is 0 Å². The van der Waals surface area contributed by atoms with E-state index in [2.05, 4.69) is 50.0 Å². The van der Waals surface area contributed by atoms with E-state index < -0.39 is 0 Å². The van der Waals surface area contributed by atoms with E-state index in [1.165, 1.54) is 22.2 Å². The SMILES string of the molecule is Cc1ccc2n[nH]c3c2c1C[C@@H]3C(C)(C)C. The van der Waals surface area contributed by atoms with Gasteiger partial charge in [0.05, 0.1) is 5.52 Å². The predicted molar refractivity (Wildman–Crippen MR) is 66.7 cm³/mol. The molecule has 2 aromatic rings. The van der Waals surface area contributed by atoms with Crippen LogP contribution < -0.4 is 0 Å². The summed E-state index contributed by atoms with van der Waals surface area (Å²) in [5.74, 6) is 0.577. The molecule has 16 heavy (non-hydrogen) atoms. The lowest BCUT2D eigenvalue weighted by Gasteiger charge is -2.26. The Bertz CT molecular complexity index is 558. The van der Waals surface area contributed by atoms with Crippen molar-refractivity contribution in [2.24, 2.45) is 5.41 Å². The third-order valence-electron chi connectivity index (χ3n) is 3.89. The Morgan fingerprint density at radius 3 is 2.75 bits per heavy atom. The number of H-pyrrole nitrogens is 1. The van der Waals surface area contributed by atoms with E-state index in [4.69, 9.17) is 0 Å². The van der Waals surface area contributed by atoms with Crippen LogP contribution in [0.5, 0.6) is 0 Å². The van der Waals surface area contributed by atoms with Crippen LogP contribution in [-0.4, -0.2) is 10.2 Å². The van der Waals surface area contributed by atoms with Gasteiger partial charge in [0.25, 0.3) is 0 Å². The molecule has 0 fully saturated rings. The summed E-state index contributed by atoms with van der Waals surface area (Å²) in [6.45, 7) is 9.14. The molecule has 1 atom stereocenters. The predicted octanol–water partition coefficient (Wildman–Crippen LogP) is 3.56. The second-order valence-corrected chi connectivity index (χ2v) is 6.02. The summed E-state index contributed by atoms with van der Waals surface area (Å²) in [6, 6.07) is 4.31. The molecular formula is C14H18N2. The van der Waals surface area contributed by atoms with Gasteiger partial charge in [0.15, 0.2) is 0 Å². The average molecular weight is 214 g/mol. The highest BCUT2D eigenvalue weighted by Gasteiger charge is 2.35. The number of rotatable bonds is 0. The molecule has 84 valence electrons. The van der Waals surface area contributed by atoms with Crippen molar-refractivity contribution in [2.45, 2.75) is 40.0 Å². The number of aromatic amines is 1. The van der Waals surface area contributed by atoms with Crippen molar-refractivity contribution in [3.8, 4) is 0 Å². The van der Waals surface area contributed by atoms with Gasteiger partial charge in [-0.3, -0.25) is 5.10 Å². The van der Waals surface area contributed by atoms with Gasteiger partial charge in [-0.05, 0) is 36.0 Å². The Labute approximate surface area is 96.1 Å². The van der Waals surface area contributed by atoms with Gasteiger partial charge in [-0.2, -0.15) is 5.10 Å². The minimum atomic E-state index is 0.297. The first-order chi connectivity index (χ1) is 7.48. The monoisotopic (exact) mass is 214 g/mol. The number of nitrogens with one attached hydrogen (secondary N) is 1. The Hall–Kier alpha value is -1.31. The van der Waals surface area contributed by atoms with Gasteiger partial charge in [0.1, 0.15) is 0 Å². The van der Waals surface area contributed by atoms with E-state index in [1.54, 1.807) is 0 Å². The van der Waals surface area contributed by atoms with E-state index in [0.717, 1.165) is 11.9 Å². The van der Waals surface area contributed by atoms with Crippen molar-refractivity contribution >= 4 is 10.9 Å². The van der Waals surface area contributed by atoms with Crippen LogP contribution in [0.1, 0.15) is 43.5 Å². The molecule has 0 unspecified atom stereocenters. The average Bonchev–Trinajstić information content (AvgIpc) is 2.72. The first-order valence-corrected chi connectivity index (χ1v) is 5.95. The fourth-order valence-electron chi connectivity index (χ4n) is 2.87. The smallest absolute Gasteiger partial charge is 0.0926 e. The van der Waals surface area contributed by atoms with Crippen molar-refractivity contribution in [2.75, 3.05) is 0 Å². The van der Waals surface area contributed by atoms with E-state index in [0.29, 0.717) is 11.3 Å². The highest BCUT2D eigenvalue weighted by Crippen LogP contribution is 2.46. The molecule has 0 amide bonds. The maximum atomic E-state index is 4.41. The van der Waals surface area contributed by atoms with Crippen LogP contribution in [0, 0.1) is 12.3 Å². The van der Waals surface area contributed by atoms with Crippen molar-refractivity contribution in [1.29, 1.82) is 0 Å². The summed E-state index contributed by atoms with van der Waals surface area (Å²) >= 11 is 0. The summed E-state index contributed by atoms with van der Waals surface area (Å²) in [5.41, 5.74) is 5.68. The van der Waals surface area contributed by atoms with Gasteiger partial charge in [-0.15, -0.1) is 0 Å². The van der Waals surface area contributed by atoms with Crippen molar-refractivity contribution in [3.63, 3.8) is 0 Å². The van der Waals surface area contributed by atoms with Crippen LogP contribution in [0.25, 0.3) is 10.9 Å². The third kappa shape index (κ3) is 1.16. The molecule has 1 aliphatic carbocycles. The fraction of sp³-hybridized carbons (Fsp3) is 0.500. The third-order valence-corrected chi connectivity index (χ3v) is 3.89. The molecule has 0 spiro atoms. The van der Waals surface area contributed by atoms with Gasteiger partial charge in [-0.1, -0.05) is 26.8 Å². The molecule has 1 heterocycles. The van der Waals surface area contributed by atoms with E-state index in [9.17, 15) is 0 Å². The summed E-state index contributed by atoms with van der Waals surface area (Å²) in [5, 5.41) is 9.05. The van der Waals surface area contributed by atoms with Gasteiger partial charge in [0, 0.05) is 17.0 Å². The van der Waals surface area contributed by atoms with Crippen LogP contribution in [0.4, 0.5) is 0 Å². The van der Waals surface area contributed by atoms with Crippen molar-refractivity contribution in [3.05, 3.63) is 29.0 Å². The van der Waals surface area contributed by atoms with Crippen molar-refractivity contribution in [1.82, 2.24) is 10.2 Å². The minimum Gasteiger partial charge on any atom is -0.281 e. The number of benzene rings is 1. The number of nitrogens with zero attached hydrogens (tertiary/aromatic N) is 1. The minimum absolute atomic E-state index is 0.297. The summed E-state index contributed by atoms with van der Waals surface area (Å²) < 4.78 is 0. The quantitative estimate of drug-likeness (QED) is 0.713. The lowest BCUT2D eigenvalue weighted by atomic mass is 9.78. The molecular weight excluding hydrogens is 196 g/mol. The highest BCUT2D eigenvalue weighted by atomic mass is 15.1. The standard InChI is InChI=1S/C14H18N2/c1-8-5-6-11-12-9(8)7-10(14(2,3)4)13(12)16-15-11/h5-6,10H,7H2,1-4H3,(H,15,16)/t10-/m0/s1. The maximum Gasteiger partial charge on any atom is 0.0926 e. The molecule has 0 bridgehead atoms. The zero-order valence-electron chi connectivity index (χ0n) is 10.4. The normalized spacial score (nSPS) is 19.6. The summed E-state index contributed by atoms with van der Waals surface area (Å²) in [6.07, 6.45) is 1.16. The van der Waals surface area contributed by atoms with Crippen molar-refractivity contribution < 1.29 is 0 Å². The first kappa shape index (κ1) is 9.88. The highest BCUT2D eigenvalue weighted by molar-refractivity contribution is 5.89. The lowest BCUT2D eigenvalue weighted by Crippen LogP contribution is -2.18. The van der Waals surface area contributed by atoms with Crippen LogP contribution in [0.15, 0.2) is 12.1 Å². The summed E-state index contributed by atoms with van der Waals surface area (Å²) in [7, 11) is 0. The second-order valence-electron chi connectivity index (χ2n) is 6.02. The molecule has 1 aromatic carbocycles. The Balaban J connectivity index is 2.28. The van der Waals surface area contributed by atoms with Gasteiger partial charge < -0.3 is 0 Å². The molecule has 0 saturated heterocycles. The van der Waals surface area contributed by atoms with Gasteiger partial charge in [-0.25, -0.2) is 0 Å². The molecule has 2 heteroatoms. The molecule has 1 N–H and O–H groups in total. The number of hydrogen-bond acceptors (Lipinski definition) is 1. The van der Waals surface area contributed by atoms with Crippen LogP contribution in [0.3, 0.4) is 0 Å². The molecule has 1 aliphatic rings. The number of aromatic nitrogens is 2. The zero-order valence-corrected chi connectivity index (χ0v) is 10.4. The van der Waals surface area contributed by atoms with Gasteiger partial charge >= 0.3 is 0 Å². The molecule has 0 aliphatic heterocycles. The summed E-state index contributed by atoms with van der Waals surface area (Å²) in [4.78, 5) is 0. The Kier molecular flexibility index (Phi) is 1.78. The second kappa shape index (κ2) is 2.88. The number of aryl methyl sites for hydroxylation is 1. The van der Waals surface area contributed by atoms with Crippen LogP contribution in [0.2, 0.25) is 0 Å². The Morgan fingerprint density at radius 2 is 2.06 bits per heavy atom. The Morgan fingerprint density at radius 1 is 1.31 bits per heavy atom. The van der Waals surface area contributed by atoms with Crippen LogP contribution >= 0.6 is 0 Å². The number of hydrogen-bond donors (Lipinski definition) is 1. The molecule has 3 rings (SSSR count). The molecule has 1 aromatic heterocycles. The topological polar surface area (TPSA) is 28.7 Å². The van der Waals surface area contributed by atoms with Gasteiger partial charge in [0.2, 0.25) is 0 Å². The first-order valence-electron chi connectivity index (χ1n) is 5.95. The lowest BCUT2D eigenvalue weighted by molar-refractivity contribution is 0.319. The largest absolute Gasteiger partial charge is 0.281 e. The molecule has 2 nitrogen and oxygen atoms in total. The zero-order chi connectivity index (χ0) is 11.5. The maximum absolute atomic E-state index is 4.41. The van der Waals surface area contributed by atoms with E-state index >= 15 is 0 Å². The molecule has 0 saturated carbocycles.